The summed E-state index contributed by atoms with van der Waals surface area (Å²) in [5, 5.41) is 10.0. The molecule has 2 rings (SSSR count). The van der Waals surface area contributed by atoms with Gasteiger partial charge in [0.1, 0.15) is 5.75 Å². The molecule has 0 bridgehead atoms. The number of hydrogen-bond donors (Lipinski definition) is 2. The Morgan fingerprint density at radius 1 is 1.21 bits per heavy atom. The summed E-state index contributed by atoms with van der Waals surface area (Å²) in [6.45, 7) is 9.80. The van der Waals surface area contributed by atoms with E-state index < -0.39 is 0 Å². The Kier molecular flexibility index (Phi) is 10.5. The number of ether oxygens (including phenoxy) is 2. The minimum atomic E-state index is 0.561. The molecule has 2 N–H and O–H groups in total. The van der Waals surface area contributed by atoms with Crippen molar-refractivity contribution in [2.45, 2.75) is 46.6 Å². The van der Waals surface area contributed by atoms with Crippen molar-refractivity contribution in [2.24, 2.45) is 4.99 Å². The lowest BCUT2D eigenvalue weighted by Gasteiger charge is -2.13. The summed E-state index contributed by atoms with van der Waals surface area (Å²) >= 11 is 1.73. The first-order chi connectivity index (χ1) is 14.2. The van der Waals surface area contributed by atoms with Crippen LogP contribution >= 0.6 is 11.3 Å². The largest absolute Gasteiger partial charge is 0.493 e. The minimum Gasteiger partial charge on any atom is -0.493 e. The third-order valence-corrected chi connectivity index (χ3v) is 5.34. The van der Waals surface area contributed by atoms with E-state index in [2.05, 4.69) is 60.0 Å². The van der Waals surface area contributed by atoms with Crippen molar-refractivity contribution >= 4 is 17.3 Å². The Balaban J connectivity index is 1.94. The summed E-state index contributed by atoms with van der Waals surface area (Å²) in [4.78, 5) is 9.36. The number of hydrogen-bond acceptors (Lipinski definition) is 5. The molecule has 0 atom stereocenters. The maximum absolute atomic E-state index is 5.97. The van der Waals surface area contributed by atoms with Crippen LogP contribution in [-0.2, 0) is 24.1 Å². The maximum Gasteiger partial charge on any atom is 0.191 e. The van der Waals surface area contributed by atoms with Crippen molar-refractivity contribution in [3.8, 4) is 5.75 Å². The smallest absolute Gasteiger partial charge is 0.191 e. The van der Waals surface area contributed by atoms with Gasteiger partial charge >= 0.3 is 0 Å². The van der Waals surface area contributed by atoms with E-state index in [0.717, 1.165) is 55.3 Å². The molecule has 0 radical (unpaired) electrons. The molecule has 0 aliphatic carbocycles. The van der Waals surface area contributed by atoms with Crippen LogP contribution in [0, 0.1) is 6.92 Å². The van der Waals surface area contributed by atoms with Gasteiger partial charge in [-0.15, -0.1) is 11.3 Å². The number of rotatable bonds is 12. The first-order valence-corrected chi connectivity index (χ1v) is 11.2. The predicted molar refractivity (Wildman–Crippen MR) is 121 cm³/mol. The lowest BCUT2D eigenvalue weighted by atomic mass is 10.1. The van der Waals surface area contributed by atoms with E-state index in [0.29, 0.717) is 19.8 Å². The highest BCUT2D eigenvalue weighted by molar-refractivity contribution is 7.09. The number of aryl methyl sites for hydroxylation is 2. The Bertz CT molecular complexity index is 761. The fourth-order valence-corrected chi connectivity index (χ4v) is 3.53. The van der Waals surface area contributed by atoms with Crippen molar-refractivity contribution in [3.63, 3.8) is 0 Å². The summed E-state index contributed by atoms with van der Waals surface area (Å²) in [5.74, 6) is 1.71. The number of methoxy groups -OCH3 is 1. The highest BCUT2D eigenvalue weighted by Gasteiger charge is 2.06. The van der Waals surface area contributed by atoms with Crippen molar-refractivity contribution in [1.29, 1.82) is 0 Å². The molecule has 29 heavy (non-hydrogen) atoms. The molecule has 0 spiro atoms. The van der Waals surface area contributed by atoms with E-state index in [1.54, 1.807) is 18.4 Å². The van der Waals surface area contributed by atoms with Crippen LogP contribution < -0.4 is 15.4 Å². The summed E-state index contributed by atoms with van der Waals surface area (Å²) in [6.07, 6.45) is 2.75. The molecular formula is C22H34N4O2S. The van der Waals surface area contributed by atoms with Gasteiger partial charge in [0.15, 0.2) is 5.96 Å². The number of guanidine groups is 1. The molecule has 160 valence electrons. The van der Waals surface area contributed by atoms with Crippen LogP contribution in [0.3, 0.4) is 0 Å². The molecule has 0 saturated carbocycles. The predicted octanol–water partition coefficient (Wildman–Crippen LogP) is 3.73. The van der Waals surface area contributed by atoms with E-state index in [9.17, 15) is 0 Å². The standard InChI is InChI=1S/C22H34N4O2S/c1-5-21-26-19(16-29-21)10-11-24-22(23-6-2)25-15-18-9-8-17(3)14-20(18)28-13-7-12-27-4/h8-9,14,16H,5-7,10-13,15H2,1-4H3,(H2,23,24,25). The molecule has 0 unspecified atom stereocenters. The van der Waals surface area contributed by atoms with E-state index in [-0.39, 0.29) is 0 Å². The molecule has 0 saturated heterocycles. The number of aromatic nitrogens is 1. The topological polar surface area (TPSA) is 67.8 Å². The maximum atomic E-state index is 5.97. The second kappa shape index (κ2) is 13.2. The lowest BCUT2D eigenvalue weighted by molar-refractivity contribution is 0.172. The van der Waals surface area contributed by atoms with Gasteiger partial charge in [0.2, 0.25) is 0 Å². The first-order valence-electron chi connectivity index (χ1n) is 10.3. The number of thiazole rings is 1. The fourth-order valence-electron chi connectivity index (χ4n) is 2.75. The third-order valence-electron chi connectivity index (χ3n) is 4.30. The van der Waals surface area contributed by atoms with Crippen LogP contribution in [0.1, 0.15) is 42.1 Å². The molecule has 2 aromatic rings. The Hall–Kier alpha value is -2.12. The molecule has 6 nitrogen and oxygen atoms in total. The van der Waals surface area contributed by atoms with Gasteiger partial charge in [-0.3, -0.25) is 0 Å². The van der Waals surface area contributed by atoms with Crippen molar-refractivity contribution < 1.29 is 9.47 Å². The van der Waals surface area contributed by atoms with Gasteiger partial charge in [-0.25, -0.2) is 9.98 Å². The molecule has 1 heterocycles. The molecule has 0 fully saturated rings. The summed E-state index contributed by atoms with van der Waals surface area (Å²) < 4.78 is 11.1. The molecule has 7 heteroatoms. The van der Waals surface area contributed by atoms with Gasteiger partial charge < -0.3 is 20.1 Å². The van der Waals surface area contributed by atoms with E-state index in [1.807, 2.05) is 0 Å². The highest BCUT2D eigenvalue weighted by atomic mass is 32.1. The van der Waals surface area contributed by atoms with Crippen molar-refractivity contribution in [1.82, 2.24) is 15.6 Å². The van der Waals surface area contributed by atoms with E-state index >= 15 is 0 Å². The molecule has 1 aromatic carbocycles. The Morgan fingerprint density at radius 3 is 2.79 bits per heavy atom. The van der Waals surface area contributed by atoms with Gasteiger partial charge in [-0.05, 0) is 31.9 Å². The fraction of sp³-hybridized carbons (Fsp3) is 0.545. The molecule has 1 aromatic heterocycles. The van der Waals surface area contributed by atoms with Gasteiger partial charge in [0.25, 0.3) is 0 Å². The van der Waals surface area contributed by atoms with Crippen molar-refractivity contribution in [3.05, 3.63) is 45.4 Å². The summed E-state index contributed by atoms with van der Waals surface area (Å²) in [5.41, 5.74) is 3.40. The number of benzene rings is 1. The van der Waals surface area contributed by atoms with Gasteiger partial charge in [-0.2, -0.15) is 0 Å². The third kappa shape index (κ3) is 8.41. The Labute approximate surface area is 178 Å². The lowest BCUT2D eigenvalue weighted by Crippen LogP contribution is -2.38. The van der Waals surface area contributed by atoms with Crippen LogP contribution in [-0.4, -0.2) is 44.4 Å². The van der Waals surface area contributed by atoms with E-state index in [4.69, 9.17) is 14.5 Å². The SMILES string of the molecule is CCNC(=NCc1ccc(C)cc1OCCCOC)NCCc1csc(CC)n1. The number of nitrogens with zero attached hydrogens (tertiary/aromatic N) is 2. The molecule has 0 aliphatic heterocycles. The van der Waals surface area contributed by atoms with Crippen LogP contribution in [0.2, 0.25) is 0 Å². The monoisotopic (exact) mass is 418 g/mol. The minimum absolute atomic E-state index is 0.561. The number of aliphatic imine (C=N–C) groups is 1. The zero-order valence-corrected chi connectivity index (χ0v) is 18.9. The van der Waals surface area contributed by atoms with Gasteiger partial charge in [0.05, 0.1) is 23.9 Å². The van der Waals surface area contributed by atoms with Crippen LogP contribution in [0.25, 0.3) is 0 Å². The second-order valence-electron chi connectivity index (χ2n) is 6.76. The van der Waals surface area contributed by atoms with Gasteiger partial charge in [-0.1, -0.05) is 19.1 Å². The zero-order chi connectivity index (χ0) is 20.9. The average molecular weight is 419 g/mol. The summed E-state index contributed by atoms with van der Waals surface area (Å²) in [6, 6.07) is 6.27. The normalized spacial score (nSPS) is 11.5. The van der Waals surface area contributed by atoms with Crippen molar-refractivity contribution in [2.75, 3.05) is 33.4 Å². The average Bonchev–Trinajstić information content (AvgIpc) is 3.18. The van der Waals surface area contributed by atoms with Gasteiger partial charge in [0, 0.05) is 50.6 Å². The summed E-state index contributed by atoms with van der Waals surface area (Å²) in [7, 11) is 1.71. The van der Waals surface area contributed by atoms with Crippen LogP contribution in [0.5, 0.6) is 5.75 Å². The first kappa shape index (κ1) is 23.2. The second-order valence-corrected chi connectivity index (χ2v) is 7.71. The van der Waals surface area contributed by atoms with Crippen LogP contribution in [0.15, 0.2) is 28.6 Å². The molecule has 0 aliphatic rings. The van der Waals surface area contributed by atoms with Crippen LogP contribution in [0.4, 0.5) is 0 Å². The van der Waals surface area contributed by atoms with E-state index in [1.165, 1.54) is 10.6 Å². The molecule has 0 amide bonds. The molecular weight excluding hydrogens is 384 g/mol. The highest BCUT2D eigenvalue weighted by Crippen LogP contribution is 2.21. The quantitative estimate of drug-likeness (QED) is 0.312. The Morgan fingerprint density at radius 2 is 2.07 bits per heavy atom. The number of nitrogens with one attached hydrogen (secondary N) is 2. The zero-order valence-electron chi connectivity index (χ0n) is 18.1.